The summed E-state index contributed by atoms with van der Waals surface area (Å²) in [6.07, 6.45) is 1.88. The molecule has 29 heavy (non-hydrogen) atoms. The van der Waals surface area contributed by atoms with Gasteiger partial charge in [0.1, 0.15) is 11.5 Å². The number of nitrogens with one attached hydrogen (secondary N) is 2. The molecule has 0 radical (unpaired) electrons. The van der Waals surface area contributed by atoms with E-state index >= 15 is 0 Å². The lowest BCUT2D eigenvalue weighted by atomic mass is 10.2. The number of anilines is 2. The van der Waals surface area contributed by atoms with Crippen LogP contribution in [0.25, 0.3) is 0 Å². The van der Waals surface area contributed by atoms with Crippen LogP contribution in [0.5, 0.6) is 11.5 Å². The number of carbonyl (C=O) groups is 1. The maximum atomic E-state index is 12.0. The van der Waals surface area contributed by atoms with Crippen LogP contribution >= 0.6 is 23.1 Å². The molecule has 8 heteroatoms. The predicted octanol–water partition coefficient (Wildman–Crippen LogP) is 5.47. The molecule has 0 fully saturated rings. The van der Waals surface area contributed by atoms with E-state index < -0.39 is 0 Å². The molecule has 2 aromatic carbocycles. The number of hydrogen-bond acceptors (Lipinski definition) is 7. The van der Waals surface area contributed by atoms with Crippen molar-refractivity contribution in [2.45, 2.75) is 37.1 Å². The second-order valence-electron chi connectivity index (χ2n) is 6.31. The van der Waals surface area contributed by atoms with Gasteiger partial charge in [0, 0.05) is 11.7 Å². The molecule has 0 aliphatic rings. The van der Waals surface area contributed by atoms with Crippen LogP contribution in [0.1, 0.15) is 26.7 Å². The Morgan fingerprint density at radius 3 is 2.41 bits per heavy atom. The molecule has 0 saturated heterocycles. The molecule has 0 bridgehead atoms. The largest absolute Gasteiger partial charge is 0.457 e. The van der Waals surface area contributed by atoms with Crippen LogP contribution in [-0.4, -0.2) is 27.9 Å². The Bertz CT molecular complexity index is 897. The molecule has 0 spiro atoms. The molecular weight excluding hydrogens is 404 g/mol. The van der Waals surface area contributed by atoms with Gasteiger partial charge in [-0.3, -0.25) is 4.79 Å². The molecule has 0 aliphatic heterocycles. The summed E-state index contributed by atoms with van der Waals surface area (Å²) in [5.41, 5.74) is 0.893. The zero-order valence-electron chi connectivity index (χ0n) is 16.4. The third kappa shape index (κ3) is 6.76. The highest BCUT2D eigenvalue weighted by Crippen LogP contribution is 2.29. The third-order valence-electron chi connectivity index (χ3n) is 4.17. The van der Waals surface area contributed by atoms with Crippen molar-refractivity contribution < 1.29 is 9.53 Å². The Hall–Kier alpha value is -2.58. The van der Waals surface area contributed by atoms with E-state index in [0.717, 1.165) is 34.4 Å². The summed E-state index contributed by atoms with van der Waals surface area (Å²) in [4.78, 5) is 12.0. The number of rotatable bonds is 10. The van der Waals surface area contributed by atoms with E-state index in [-0.39, 0.29) is 11.9 Å². The van der Waals surface area contributed by atoms with Crippen molar-refractivity contribution in [1.29, 1.82) is 0 Å². The van der Waals surface area contributed by atoms with E-state index in [1.165, 1.54) is 23.1 Å². The van der Waals surface area contributed by atoms with E-state index in [9.17, 15) is 4.79 Å². The van der Waals surface area contributed by atoms with Gasteiger partial charge in [0.25, 0.3) is 0 Å². The lowest BCUT2D eigenvalue weighted by molar-refractivity contribution is -0.119. The van der Waals surface area contributed by atoms with Gasteiger partial charge in [-0.1, -0.05) is 55.1 Å². The quantitative estimate of drug-likeness (QED) is 0.417. The molecule has 0 unspecified atom stereocenters. The van der Waals surface area contributed by atoms with Gasteiger partial charge in [-0.15, -0.1) is 10.2 Å². The molecule has 1 heterocycles. The molecule has 0 saturated carbocycles. The van der Waals surface area contributed by atoms with Crippen molar-refractivity contribution >= 4 is 39.8 Å². The highest BCUT2D eigenvalue weighted by Gasteiger charge is 2.11. The average molecular weight is 429 g/mol. The number of hydrogen-bond donors (Lipinski definition) is 2. The first-order valence-corrected chi connectivity index (χ1v) is 11.3. The van der Waals surface area contributed by atoms with E-state index in [2.05, 4.69) is 34.7 Å². The molecule has 1 amide bonds. The van der Waals surface area contributed by atoms with Crippen LogP contribution in [0, 0.1) is 0 Å². The minimum absolute atomic E-state index is 0.0300. The number of benzene rings is 2. The van der Waals surface area contributed by atoms with Gasteiger partial charge in [0.2, 0.25) is 11.0 Å². The fraction of sp³-hybridized carbons (Fsp3) is 0.286. The molecule has 6 nitrogen and oxygen atoms in total. The summed E-state index contributed by atoms with van der Waals surface area (Å²) in [6.45, 7) is 4.15. The van der Waals surface area contributed by atoms with Crippen LogP contribution in [0.2, 0.25) is 0 Å². The molecule has 1 aromatic heterocycles. The third-order valence-corrected chi connectivity index (χ3v) is 6.14. The van der Waals surface area contributed by atoms with Crippen molar-refractivity contribution in [3.8, 4) is 11.5 Å². The molecule has 152 valence electrons. The first-order chi connectivity index (χ1) is 14.2. The molecule has 3 aromatic rings. The van der Waals surface area contributed by atoms with Crippen LogP contribution in [0.4, 0.5) is 10.8 Å². The van der Waals surface area contributed by atoms with Gasteiger partial charge >= 0.3 is 0 Å². The number of aromatic nitrogens is 2. The van der Waals surface area contributed by atoms with E-state index in [1.54, 1.807) is 0 Å². The first kappa shape index (κ1) is 21.1. The number of thioether (sulfide) groups is 1. The zero-order chi connectivity index (χ0) is 20.5. The van der Waals surface area contributed by atoms with Crippen molar-refractivity contribution in [1.82, 2.24) is 15.5 Å². The van der Waals surface area contributed by atoms with E-state index in [0.29, 0.717) is 10.9 Å². The SMILES string of the molecule is CCC(CC)NC(=O)CSc1nnc(Nc2ccc(Oc3ccccc3)cc2)s1. The molecule has 0 aliphatic carbocycles. The summed E-state index contributed by atoms with van der Waals surface area (Å²) in [7, 11) is 0. The van der Waals surface area contributed by atoms with Crippen molar-refractivity contribution in [3.63, 3.8) is 0 Å². The number of amides is 1. The van der Waals surface area contributed by atoms with Crippen molar-refractivity contribution in [2.24, 2.45) is 0 Å². The number of carbonyl (C=O) groups excluding carboxylic acids is 1. The Kier molecular flexibility index (Phi) is 7.89. The minimum Gasteiger partial charge on any atom is -0.457 e. The predicted molar refractivity (Wildman–Crippen MR) is 119 cm³/mol. The fourth-order valence-corrected chi connectivity index (χ4v) is 4.15. The fourth-order valence-electron chi connectivity index (χ4n) is 2.56. The van der Waals surface area contributed by atoms with Gasteiger partial charge < -0.3 is 15.4 Å². The van der Waals surface area contributed by atoms with Gasteiger partial charge in [-0.25, -0.2) is 0 Å². The van der Waals surface area contributed by atoms with Gasteiger partial charge in [0.15, 0.2) is 4.34 Å². The summed E-state index contributed by atoms with van der Waals surface area (Å²) < 4.78 is 6.55. The summed E-state index contributed by atoms with van der Waals surface area (Å²) >= 11 is 2.82. The maximum Gasteiger partial charge on any atom is 0.230 e. The lowest BCUT2D eigenvalue weighted by Gasteiger charge is -2.13. The van der Waals surface area contributed by atoms with Gasteiger partial charge in [0.05, 0.1) is 5.75 Å². The van der Waals surface area contributed by atoms with Crippen LogP contribution in [0.15, 0.2) is 58.9 Å². The molecule has 2 N–H and O–H groups in total. The number of nitrogens with zero attached hydrogens (tertiary/aromatic N) is 2. The van der Waals surface area contributed by atoms with E-state index in [4.69, 9.17) is 4.74 Å². The Balaban J connectivity index is 1.49. The number of ether oxygens (including phenoxy) is 1. The monoisotopic (exact) mass is 428 g/mol. The zero-order valence-corrected chi connectivity index (χ0v) is 18.1. The highest BCUT2D eigenvalue weighted by atomic mass is 32.2. The topological polar surface area (TPSA) is 76.1 Å². The summed E-state index contributed by atoms with van der Waals surface area (Å²) in [6, 6.07) is 17.5. The van der Waals surface area contributed by atoms with Crippen LogP contribution in [0.3, 0.4) is 0 Å². The van der Waals surface area contributed by atoms with E-state index in [1.807, 2.05) is 54.6 Å². The maximum absolute atomic E-state index is 12.0. The molecule has 0 atom stereocenters. The van der Waals surface area contributed by atoms with Crippen molar-refractivity contribution in [2.75, 3.05) is 11.1 Å². The second kappa shape index (κ2) is 10.8. The smallest absolute Gasteiger partial charge is 0.230 e. The minimum atomic E-state index is 0.0300. The Labute approximate surface area is 179 Å². The second-order valence-corrected chi connectivity index (χ2v) is 8.51. The van der Waals surface area contributed by atoms with Crippen LogP contribution < -0.4 is 15.4 Å². The molecule has 3 rings (SSSR count). The number of para-hydroxylation sites is 1. The van der Waals surface area contributed by atoms with Crippen LogP contribution in [-0.2, 0) is 4.79 Å². The summed E-state index contributed by atoms with van der Waals surface area (Å²) in [5, 5.41) is 15.2. The first-order valence-electron chi connectivity index (χ1n) is 9.52. The average Bonchev–Trinajstić information content (AvgIpc) is 3.20. The molecular formula is C21H24N4O2S2. The summed E-state index contributed by atoms with van der Waals surface area (Å²) in [5.74, 6) is 1.93. The van der Waals surface area contributed by atoms with Gasteiger partial charge in [-0.05, 0) is 49.2 Å². The normalized spacial score (nSPS) is 10.7. The Morgan fingerprint density at radius 1 is 1.03 bits per heavy atom. The standard InChI is InChI=1S/C21H24N4O2S2/c1-3-15(4-2)22-19(26)14-28-21-25-24-20(29-21)23-16-10-12-18(13-11-16)27-17-8-6-5-7-9-17/h5-13,15H,3-4,14H2,1-2H3,(H,22,26)(H,23,24). The Morgan fingerprint density at radius 2 is 1.72 bits per heavy atom. The lowest BCUT2D eigenvalue weighted by Crippen LogP contribution is -2.34. The highest BCUT2D eigenvalue weighted by molar-refractivity contribution is 8.01. The van der Waals surface area contributed by atoms with Crippen molar-refractivity contribution in [3.05, 3.63) is 54.6 Å². The van der Waals surface area contributed by atoms with Gasteiger partial charge in [-0.2, -0.15) is 0 Å².